The van der Waals surface area contributed by atoms with Gasteiger partial charge >= 0.3 is 17.1 Å². The van der Waals surface area contributed by atoms with Crippen LogP contribution in [-0.4, -0.2) is 0 Å². The van der Waals surface area contributed by atoms with Gasteiger partial charge in [0, 0.05) is 0 Å². The van der Waals surface area contributed by atoms with Gasteiger partial charge in [0.2, 0.25) is 0 Å². The van der Waals surface area contributed by atoms with E-state index in [2.05, 4.69) is 173 Å². The Morgan fingerprint density at radius 1 is 0.392 bits per heavy atom. The molecule has 0 fully saturated rings. The van der Waals surface area contributed by atoms with Crippen molar-refractivity contribution in [2.24, 2.45) is 0 Å². The summed E-state index contributed by atoms with van der Waals surface area (Å²) < 4.78 is 0. The molecule has 6 rings (SSSR count). The average Bonchev–Trinajstić information content (AvgIpc) is 3.86. The minimum absolute atomic E-state index is 0. The van der Waals surface area contributed by atoms with E-state index in [1.165, 1.54) is 84.8 Å². The van der Waals surface area contributed by atoms with Crippen molar-refractivity contribution >= 4 is 0 Å². The van der Waals surface area contributed by atoms with Crippen LogP contribution in [0.4, 0.5) is 0 Å². The van der Waals surface area contributed by atoms with Crippen LogP contribution in [0.1, 0.15) is 138 Å². The van der Waals surface area contributed by atoms with Gasteiger partial charge in [-0.2, -0.15) is 22.3 Å². The van der Waals surface area contributed by atoms with Crippen LogP contribution in [0.3, 0.4) is 0 Å². The molecule has 0 saturated heterocycles. The Labute approximate surface area is 321 Å². The molecule has 51 heavy (non-hydrogen) atoms. The summed E-state index contributed by atoms with van der Waals surface area (Å²) in [5.41, 5.74) is 12.0. The summed E-state index contributed by atoms with van der Waals surface area (Å²) in [5.74, 6) is 2.05. The number of rotatable bonds is 16. The zero-order chi connectivity index (χ0) is 35.0. The Morgan fingerprint density at radius 3 is 0.922 bits per heavy atom. The number of benzene rings is 4. The van der Waals surface area contributed by atoms with Crippen LogP contribution < -0.4 is 0 Å². The van der Waals surface area contributed by atoms with Crippen molar-refractivity contribution in [2.45, 2.75) is 116 Å². The predicted molar refractivity (Wildman–Crippen MR) is 215 cm³/mol. The van der Waals surface area contributed by atoms with Gasteiger partial charge in [-0.05, 0) is 35.8 Å². The first-order chi connectivity index (χ1) is 24.7. The molecule has 0 saturated carbocycles. The molecular weight excluding hydrogens is 656 g/mol. The van der Waals surface area contributed by atoms with Gasteiger partial charge in [-0.15, -0.1) is 12.8 Å². The Bertz CT molecular complexity index is 1550. The van der Waals surface area contributed by atoms with Crippen LogP contribution in [0.2, 0.25) is 0 Å². The fourth-order valence-corrected chi connectivity index (χ4v) is 8.21. The van der Waals surface area contributed by atoms with Crippen LogP contribution in [-0.2, 0) is 17.1 Å². The molecule has 4 unspecified atom stereocenters. The van der Waals surface area contributed by atoms with Gasteiger partial charge in [0.1, 0.15) is 0 Å². The Kier molecular flexibility index (Phi) is 17.0. The third kappa shape index (κ3) is 10.7. The maximum absolute atomic E-state index is 3.54. The topological polar surface area (TPSA) is 0 Å². The van der Waals surface area contributed by atoms with E-state index in [1.54, 1.807) is 11.1 Å². The second kappa shape index (κ2) is 21.7. The van der Waals surface area contributed by atoms with E-state index in [4.69, 9.17) is 0 Å². The van der Waals surface area contributed by atoms with Crippen molar-refractivity contribution in [2.75, 3.05) is 0 Å². The summed E-state index contributed by atoms with van der Waals surface area (Å²) in [5, 5.41) is 0. The molecule has 4 aromatic rings. The molecule has 0 nitrogen and oxygen atoms in total. The largest absolute Gasteiger partial charge is 2.00 e. The van der Waals surface area contributed by atoms with Gasteiger partial charge in [-0.3, -0.25) is 12.2 Å². The van der Waals surface area contributed by atoms with Crippen molar-refractivity contribution < 1.29 is 17.1 Å². The van der Waals surface area contributed by atoms with E-state index in [1.807, 2.05) is 0 Å². The van der Waals surface area contributed by atoms with Gasteiger partial charge in [-0.1, -0.05) is 211 Å². The summed E-state index contributed by atoms with van der Waals surface area (Å²) in [4.78, 5) is 0. The molecule has 0 aliphatic heterocycles. The maximum Gasteiger partial charge on any atom is 2.00 e. The standard InChI is InChI=1S/2C25H29.Fe/c2*1-3-12-22(20-14-7-5-8-15-20)24-18-11-19-25(24)23(13-4-2)21-16-9-6-10-17-21;/h2*5-10,14-18,22-23H,3-4,12-13,19H2,1-2H3;/q2*-1;+2. The maximum atomic E-state index is 3.54. The van der Waals surface area contributed by atoms with Crippen LogP contribution in [0.25, 0.3) is 0 Å². The summed E-state index contributed by atoms with van der Waals surface area (Å²) in [7, 11) is 0. The Hall–Kier alpha value is -3.64. The summed E-state index contributed by atoms with van der Waals surface area (Å²) >= 11 is 0. The number of allylic oxidation sites excluding steroid dienone is 8. The number of hydrogen-bond acceptors (Lipinski definition) is 0. The first kappa shape index (κ1) is 40.1. The molecule has 0 heterocycles. The molecule has 0 amide bonds. The molecule has 4 atom stereocenters. The molecular formula is C50H58Fe. The van der Waals surface area contributed by atoms with E-state index < -0.39 is 0 Å². The minimum atomic E-state index is 0. The van der Waals surface area contributed by atoms with Crippen molar-refractivity contribution in [3.63, 3.8) is 0 Å². The molecule has 0 bridgehead atoms. The predicted octanol–water partition coefficient (Wildman–Crippen LogP) is 14.4. The zero-order valence-electron chi connectivity index (χ0n) is 31.4. The monoisotopic (exact) mass is 714 g/mol. The molecule has 1 heteroatoms. The third-order valence-electron chi connectivity index (χ3n) is 10.6. The molecule has 0 radical (unpaired) electrons. The van der Waals surface area contributed by atoms with Gasteiger partial charge in [0.15, 0.2) is 0 Å². The Balaban J connectivity index is 0.000000224. The van der Waals surface area contributed by atoms with Crippen molar-refractivity contribution in [3.8, 4) is 0 Å². The van der Waals surface area contributed by atoms with Crippen molar-refractivity contribution in [3.05, 3.63) is 190 Å². The summed E-state index contributed by atoms with van der Waals surface area (Å²) in [6.45, 7) is 9.17. The quantitative estimate of drug-likeness (QED) is 0.0801. The molecule has 0 spiro atoms. The third-order valence-corrected chi connectivity index (χ3v) is 10.6. The second-order valence-electron chi connectivity index (χ2n) is 14.0. The van der Waals surface area contributed by atoms with Crippen molar-refractivity contribution in [1.82, 2.24) is 0 Å². The zero-order valence-corrected chi connectivity index (χ0v) is 32.5. The molecule has 4 aromatic carbocycles. The van der Waals surface area contributed by atoms with Gasteiger partial charge in [-0.25, -0.2) is 12.2 Å². The SMILES string of the molecule is CCCC(C1=C(C(CCC)c2ccccc2)C[C-]=C1)c1ccccc1.CCCC(C1=C(C(CCC)c2ccccc2)C[C-]=C1)c1ccccc1.[Fe+2]. The first-order valence-electron chi connectivity index (χ1n) is 19.5. The van der Waals surface area contributed by atoms with E-state index in [0.29, 0.717) is 23.7 Å². The van der Waals surface area contributed by atoms with E-state index in [-0.39, 0.29) is 17.1 Å². The Morgan fingerprint density at radius 2 is 0.647 bits per heavy atom. The van der Waals surface area contributed by atoms with Crippen molar-refractivity contribution in [1.29, 1.82) is 0 Å². The molecule has 2 aliphatic carbocycles. The van der Waals surface area contributed by atoms with E-state index in [9.17, 15) is 0 Å². The smallest absolute Gasteiger partial charge is 0.272 e. The normalized spacial score (nSPS) is 15.9. The summed E-state index contributed by atoms with van der Waals surface area (Å²) in [6.07, 6.45) is 23.3. The molecule has 266 valence electrons. The first-order valence-corrected chi connectivity index (χ1v) is 19.5. The fourth-order valence-electron chi connectivity index (χ4n) is 8.21. The minimum Gasteiger partial charge on any atom is -0.272 e. The van der Waals surface area contributed by atoms with E-state index in [0.717, 1.165) is 12.8 Å². The number of hydrogen-bond donors (Lipinski definition) is 0. The molecule has 0 N–H and O–H groups in total. The van der Waals surface area contributed by atoms with Crippen LogP contribution in [0, 0.1) is 12.2 Å². The summed E-state index contributed by atoms with van der Waals surface area (Å²) in [6, 6.07) is 44.1. The van der Waals surface area contributed by atoms with Crippen LogP contribution >= 0.6 is 0 Å². The van der Waals surface area contributed by atoms with Crippen LogP contribution in [0.5, 0.6) is 0 Å². The average molecular weight is 715 g/mol. The molecule has 0 aromatic heterocycles. The second-order valence-corrected chi connectivity index (χ2v) is 14.0. The van der Waals surface area contributed by atoms with Gasteiger partial charge < -0.3 is 0 Å². The molecule has 2 aliphatic rings. The van der Waals surface area contributed by atoms with Crippen LogP contribution in [0.15, 0.2) is 156 Å². The van der Waals surface area contributed by atoms with Gasteiger partial charge in [0.05, 0.1) is 0 Å². The van der Waals surface area contributed by atoms with Gasteiger partial charge in [0.25, 0.3) is 0 Å². The fraction of sp³-hybridized carbons (Fsp3) is 0.360. The van der Waals surface area contributed by atoms with E-state index >= 15 is 0 Å².